The molecular weight excluding hydrogens is 132 g/mol. The third-order valence-electron chi connectivity index (χ3n) is 0.849. The van der Waals surface area contributed by atoms with Gasteiger partial charge in [0.05, 0.1) is 27.6 Å². The van der Waals surface area contributed by atoms with Crippen molar-refractivity contribution in [3.05, 3.63) is 24.4 Å². The van der Waals surface area contributed by atoms with E-state index in [1.165, 1.54) is 20.5 Å². The Kier molecular flexibility index (Phi) is 5.33. The largest absolute Gasteiger partial charge is 0.504 e. The van der Waals surface area contributed by atoms with Crippen LogP contribution in [0.25, 0.3) is 0 Å². The van der Waals surface area contributed by atoms with Gasteiger partial charge in [0.25, 0.3) is 5.95 Å². The molecule has 0 rings (SSSR count). The molecule has 3 heteroatoms. The summed E-state index contributed by atoms with van der Waals surface area (Å²) in [5.74, 6) is 0.452. The fourth-order valence-electron chi connectivity index (χ4n) is 0.416. The number of hydrogen-bond donors (Lipinski definition) is 0. The summed E-state index contributed by atoms with van der Waals surface area (Å²) in [6.45, 7) is 0. The average Bonchev–Trinajstić information content (AvgIpc) is 1.99. The highest BCUT2D eigenvalue weighted by molar-refractivity contribution is 5.00. The first-order chi connectivity index (χ1) is 4.85. The molecule has 0 aromatic rings. The fourth-order valence-corrected chi connectivity index (χ4v) is 0.416. The molecule has 0 aliphatic heterocycles. The van der Waals surface area contributed by atoms with Crippen molar-refractivity contribution in [2.75, 3.05) is 21.3 Å². The Balaban J connectivity index is 3.74. The standard InChI is InChI=1S/C7H12O3/c1-8-6-4-5-7(9-2)10-3/h4-6H,1-3H3. The zero-order valence-electron chi connectivity index (χ0n) is 6.46. The van der Waals surface area contributed by atoms with Gasteiger partial charge in [0.15, 0.2) is 0 Å². The number of methoxy groups -OCH3 is 3. The Hall–Kier alpha value is -1.12. The van der Waals surface area contributed by atoms with Gasteiger partial charge in [-0.25, -0.2) is 0 Å². The Labute approximate surface area is 60.9 Å². The van der Waals surface area contributed by atoms with Crippen LogP contribution in [0.3, 0.4) is 0 Å². The molecule has 0 aliphatic rings. The molecule has 0 saturated heterocycles. The number of allylic oxidation sites excluding steroid dienone is 2. The van der Waals surface area contributed by atoms with E-state index < -0.39 is 0 Å². The minimum atomic E-state index is 0.452. The molecule has 0 atom stereocenters. The van der Waals surface area contributed by atoms with Crippen LogP contribution in [-0.4, -0.2) is 21.3 Å². The van der Waals surface area contributed by atoms with Crippen molar-refractivity contribution in [3.63, 3.8) is 0 Å². The summed E-state index contributed by atoms with van der Waals surface area (Å²) in [5.41, 5.74) is 0. The summed E-state index contributed by atoms with van der Waals surface area (Å²) in [7, 11) is 4.65. The molecule has 58 valence electrons. The summed E-state index contributed by atoms with van der Waals surface area (Å²) >= 11 is 0. The molecule has 0 saturated carbocycles. The lowest BCUT2D eigenvalue weighted by Crippen LogP contribution is -1.87. The molecule has 3 nitrogen and oxygen atoms in total. The van der Waals surface area contributed by atoms with E-state index in [0.717, 1.165) is 0 Å². The predicted octanol–water partition coefficient (Wildman–Crippen LogP) is 1.28. The highest BCUT2D eigenvalue weighted by Gasteiger charge is 1.86. The van der Waals surface area contributed by atoms with E-state index in [1.54, 1.807) is 19.3 Å². The Morgan fingerprint density at radius 1 is 1.10 bits per heavy atom. The zero-order valence-corrected chi connectivity index (χ0v) is 6.46. The number of hydrogen-bond acceptors (Lipinski definition) is 3. The van der Waals surface area contributed by atoms with Crippen LogP contribution in [0.15, 0.2) is 24.4 Å². The van der Waals surface area contributed by atoms with E-state index in [1.807, 2.05) is 0 Å². The molecule has 0 aromatic heterocycles. The highest BCUT2D eigenvalue weighted by atomic mass is 16.7. The second-order valence-electron chi connectivity index (χ2n) is 1.46. The van der Waals surface area contributed by atoms with Crippen LogP contribution >= 0.6 is 0 Å². The molecule has 0 radical (unpaired) electrons. The van der Waals surface area contributed by atoms with Crippen LogP contribution in [0.4, 0.5) is 0 Å². The number of ether oxygens (including phenoxy) is 3. The second-order valence-corrected chi connectivity index (χ2v) is 1.46. The first kappa shape index (κ1) is 8.88. The topological polar surface area (TPSA) is 27.7 Å². The van der Waals surface area contributed by atoms with Gasteiger partial charge in [-0.05, 0) is 6.08 Å². The smallest absolute Gasteiger partial charge is 0.278 e. The van der Waals surface area contributed by atoms with Gasteiger partial charge in [-0.2, -0.15) is 0 Å². The molecule has 0 aromatic carbocycles. The van der Waals surface area contributed by atoms with Gasteiger partial charge in [-0.3, -0.25) is 0 Å². The molecule has 0 fully saturated rings. The third kappa shape index (κ3) is 3.83. The lowest BCUT2D eigenvalue weighted by molar-refractivity contribution is 0.0955. The van der Waals surface area contributed by atoms with Gasteiger partial charge in [0, 0.05) is 6.08 Å². The quantitative estimate of drug-likeness (QED) is 0.439. The summed E-state index contributed by atoms with van der Waals surface area (Å²) in [6.07, 6.45) is 4.86. The third-order valence-corrected chi connectivity index (χ3v) is 0.849. The highest BCUT2D eigenvalue weighted by Crippen LogP contribution is 1.94. The molecule has 10 heavy (non-hydrogen) atoms. The van der Waals surface area contributed by atoms with E-state index in [2.05, 4.69) is 4.74 Å². The predicted molar refractivity (Wildman–Crippen MR) is 38.3 cm³/mol. The van der Waals surface area contributed by atoms with Crippen LogP contribution in [0, 0.1) is 0 Å². The summed E-state index contributed by atoms with van der Waals surface area (Å²) < 4.78 is 14.2. The first-order valence-corrected chi connectivity index (χ1v) is 2.82. The minimum Gasteiger partial charge on any atom is -0.504 e. The monoisotopic (exact) mass is 144 g/mol. The van der Waals surface area contributed by atoms with Gasteiger partial charge in [0.2, 0.25) is 0 Å². The molecular formula is C7H12O3. The SMILES string of the molecule is COC=CC=C(OC)OC. The van der Waals surface area contributed by atoms with Gasteiger partial charge in [-0.15, -0.1) is 0 Å². The van der Waals surface area contributed by atoms with Crippen LogP contribution in [0.1, 0.15) is 0 Å². The maximum atomic E-state index is 4.78. The average molecular weight is 144 g/mol. The molecule has 0 aliphatic carbocycles. The Morgan fingerprint density at radius 2 is 1.70 bits per heavy atom. The Bertz CT molecular complexity index is 121. The normalized spacial score (nSPS) is 9.10. The zero-order chi connectivity index (χ0) is 7.82. The van der Waals surface area contributed by atoms with Crippen molar-refractivity contribution in [2.24, 2.45) is 0 Å². The van der Waals surface area contributed by atoms with E-state index in [0.29, 0.717) is 5.95 Å². The lowest BCUT2D eigenvalue weighted by atomic mass is 10.6. The fraction of sp³-hybridized carbons (Fsp3) is 0.429. The van der Waals surface area contributed by atoms with E-state index in [9.17, 15) is 0 Å². The van der Waals surface area contributed by atoms with Gasteiger partial charge in [-0.1, -0.05) is 0 Å². The molecule has 0 amide bonds. The van der Waals surface area contributed by atoms with E-state index in [4.69, 9.17) is 9.47 Å². The minimum absolute atomic E-state index is 0.452. The molecule has 0 spiro atoms. The van der Waals surface area contributed by atoms with Crippen molar-refractivity contribution in [1.29, 1.82) is 0 Å². The summed E-state index contributed by atoms with van der Waals surface area (Å²) in [4.78, 5) is 0. The maximum Gasteiger partial charge on any atom is 0.278 e. The van der Waals surface area contributed by atoms with Gasteiger partial charge in [0.1, 0.15) is 0 Å². The van der Waals surface area contributed by atoms with Crippen molar-refractivity contribution in [3.8, 4) is 0 Å². The first-order valence-electron chi connectivity index (χ1n) is 2.82. The maximum absolute atomic E-state index is 4.78. The molecule has 0 heterocycles. The van der Waals surface area contributed by atoms with Gasteiger partial charge >= 0.3 is 0 Å². The van der Waals surface area contributed by atoms with Crippen LogP contribution in [0.2, 0.25) is 0 Å². The van der Waals surface area contributed by atoms with Crippen LogP contribution in [0.5, 0.6) is 0 Å². The summed E-state index contributed by atoms with van der Waals surface area (Å²) in [6, 6.07) is 0. The molecule has 0 N–H and O–H groups in total. The van der Waals surface area contributed by atoms with Crippen molar-refractivity contribution in [2.45, 2.75) is 0 Å². The Morgan fingerprint density at radius 3 is 2.10 bits per heavy atom. The van der Waals surface area contributed by atoms with Crippen molar-refractivity contribution >= 4 is 0 Å². The second kappa shape index (κ2) is 6.01. The van der Waals surface area contributed by atoms with Crippen LogP contribution < -0.4 is 0 Å². The molecule has 0 bridgehead atoms. The van der Waals surface area contributed by atoms with E-state index >= 15 is 0 Å². The van der Waals surface area contributed by atoms with Crippen molar-refractivity contribution < 1.29 is 14.2 Å². The van der Waals surface area contributed by atoms with E-state index in [-0.39, 0.29) is 0 Å². The van der Waals surface area contributed by atoms with Crippen LogP contribution in [-0.2, 0) is 14.2 Å². The summed E-state index contributed by atoms with van der Waals surface area (Å²) in [5, 5.41) is 0. The van der Waals surface area contributed by atoms with Gasteiger partial charge < -0.3 is 14.2 Å². The number of rotatable bonds is 4. The molecule has 0 unspecified atom stereocenters. The van der Waals surface area contributed by atoms with Crippen molar-refractivity contribution in [1.82, 2.24) is 0 Å². The lowest BCUT2D eigenvalue weighted by Gasteiger charge is -2.00.